The average Bonchev–Trinajstić information content (AvgIpc) is 2.39. The van der Waals surface area contributed by atoms with Crippen molar-refractivity contribution in [2.24, 2.45) is 0 Å². The summed E-state index contributed by atoms with van der Waals surface area (Å²) >= 11 is 0. The predicted molar refractivity (Wildman–Crippen MR) is 71.9 cm³/mol. The van der Waals surface area contributed by atoms with Crippen LogP contribution in [-0.2, 0) is 0 Å². The molecular formula is C14H15FN2O. The van der Waals surface area contributed by atoms with E-state index in [0.717, 1.165) is 11.4 Å². The van der Waals surface area contributed by atoms with Crippen LogP contribution in [0.2, 0.25) is 0 Å². The van der Waals surface area contributed by atoms with Gasteiger partial charge in [0.2, 0.25) is 0 Å². The van der Waals surface area contributed by atoms with E-state index >= 15 is 0 Å². The van der Waals surface area contributed by atoms with Crippen molar-refractivity contribution >= 4 is 17.1 Å². The number of hydrogen-bond acceptors (Lipinski definition) is 3. The van der Waals surface area contributed by atoms with E-state index in [4.69, 9.17) is 10.5 Å². The molecule has 0 aliphatic rings. The summed E-state index contributed by atoms with van der Waals surface area (Å²) in [6, 6.07) is 11.8. The SMILES string of the molecule is COc1cc(N(C)c2ccc(F)cc2)ccc1N. The molecular weight excluding hydrogens is 231 g/mol. The van der Waals surface area contributed by atoms with Crippen LogP contribution in [0, 0.1) is 5.82 Å². The highest BCUT2D eigenvalue weighted by Crippen LogP contribution is 2.30. The molecule has 2 aromatic rings. The van der Waals surface area contributed by atoms with Gasteiger partial charge in [0.25, 0.3) is 0 Å². The lowest BCUT2D eigenvalue weighted by atomic mass is 10.2. The summed E-state index contributed by atoms with van der Waals surface area (Å²) in [5.74, 6) is 0.378. The molecule has 0 aromatic heterocycles. The quantitative estimate of drug-likeness (QED) is 0.845. The number of nitrogens with zero attached hydrogens (tertiary/aromatic N) is 1. The Balaban J connectivity index is 2.33. The van der Waals surface area contributed by atoms with Gasteiger partial charge in [0, 0.05) is 24.5 Å². The predicted octanol–water partition coefficient (Wildman–Crippen LogP) is 3.18. The third kappa shape index (κ3) is 2.37. The van der Waals surface area contributed by atoms with Crippen molar-refractivity contribution in [3.8, 4) is 5.75 Å². The molecule has 2 rings (SSSR count). The van der Waals surface area contributed by atoms with Gasteiger partial charge in [-0.3, -0.25) is 0 Å². The number of methoxy groups -OCH3 is 1. The minimum Gasteiger partial charge on any atom is -0.495 e. The zero-order valence-electron chi connectivity index (χ0n) is 10.4. The van der Waals surface area contributed by atoms with Crippen LogP contribution in [0.1, 0.15) is 0 Å². The van der Waals surface area contributed by atoms with Gasteiger partial charge in [-0.15, -0.1) is 0 Å². The van der Waals surface area contributed by atoms with E-state index in [0.29, 0.717) is 11.4 Å². The molecule has 0 aliphatic heterocycles. The molecule has 0 atom stereocenters. The maximum absolute atomic E-state index is 12.9. The van der Waals surface area contributed by atoms with E-state index in [-0.39, 0.29) is 5.82 Å². The maximum atomic E-state index is 12.9. The Morgan fingerprint density at radius 1 is 1.06 bits per heavy atom. The van der Waals surface area contributed by atoms with Gasteiger partial charge in [-0.05, 0) is 36.4 Å². The van der Waals surface area contributed by atoms with Gasteiger partial charge in [-0.25, -0.2) is 4.39 Å². The fourth-order valence-corrected chi connectivity index (χ4v) is 1.72. The topological polar surface area (TPSA) is 38.5 Å². The molecule has 2 aromatic carbocycles. The Morgan fingerprint density at radius 2 is 1.67 bits per heavy atom. The minimum atomic E-state index is -0.248. The lowest BCUT2D eigenvalue weighted by Crippen LogP contribution is -2.09. The van der Waals surface area contributed by atoms with E-state index in [2.05, 4.69) is 0 Å². The standard InChI is InChI=1S/C14H15FN2O/c1-17(11-5-3-10(15)4-6-11)12-7-8-13(16)14(9-12)18-2/h3-9H,16H2,1-2H3. The number of nitrogen functional groups attached to an aromatic ring is 1. The second-order valence-corrected chi connectivity index (χ2v) is 3.96. The fourth-order valence-electron chi connectivity index (χ4n) is 1.72. The van der Waals surface area contributed by atoms with E-state index in [1.54, 1.807) is 25.3 Å². The first-order chi connectivity index (χ1) is 8.61. The summed E-state index contributed by atoms with van der Waals surface area (Å²) < 4.78 is 18.0. The average molecular weight is 246 g/mol. The molecule has 18 heavy (non-hydrogen) atoms. The van der Waals surface area contributed by atoms with Crippen LogP contribution in [0.3, 0.4) is 0 Å². The summed E-state index contributed by atoms with van der Waals surface area (Å²) in [6.45, 7) is 0. The number of benzene rings is 2. The summed E-state index contributed by atoms with van der Waals surface area (Å²) in [5.41, 5.74) is 8.17. The molecule has 0 amide bonds. The van der Waals surface area contributed by atoms with Gasteiger partial charge in [0.05, 0.1) is 12.8 Å². The van der Waals surface area contributed by atoms with E-state index in [1.165, 1.54) is 12.1 Å². The first-order valence-corrected chi connectivity index (χ1v) is 5.54. The Bertz CT molecular complexity index is 540. The summed E-state index contributed by atoms with van der Waals surface area (Å²) in [6.07, 6.45) is 0. The Labute approximate surface area is 106 Å². The van der Waals surface area contributed by atoms with Crippen LogP contribution in [0.15, 0.2) is 42.5 Å². The van der Waals surface area contributed by atoms with Gasteiger partial charge < -0.3 is 15.4 Å². The normalized spacial score (nSPS) is 10.2. The van der Waals surface area contributed by atoms with Crippen molar-refractivity contribution in [1.82, 2.24) is 0 Å². The fraction of sp³-hybridized carbons (Fsp3) is 0.143. The first-order valence-electron chi connectivity index (χ1n) is 5.54. The van der Waals surface area contributed by atoms with Crippen molar-refractivity contribution in [3.63, 3.8) is 0 Å². The number of hydrogen-bond donors (Lipinski definition) is 1. The molecule has 0 fully saturated rings. The lowest BCUT2D eigenvalue weighted by Gasteiger charge is -2.20. The van der Waals surface area contributed by atoms with Crippen LogP contribution in [0.4, 0.5) is 21.5 Å². The van der Waals surface area contributed by atoms with Gasteiger partial charge >= 0.3 is 0 Å². The van der Waals surface area contributed by atoms with Crippen molar-refractivity contribution in [2.75, 3.05) is 24.8 Å². The van der Waals surface area contributed by atoms with Crippen molar-refractivity contribution in [1.29, 1.82) is 0 Å². The van der Waals surface area contributed by atoms with Gasteiger partial charge in [0.1, 0.15) is 11.6 Å². The van der Waals surface area contributed by atoms with Gasteiger partial charge in [-0.2, -0.15) is 0 Å². The highest BCUT2D eigenvalue weighted by molar-refractivity contribution is 5.68. The molecule has 0 radical (unpaired) electrons. The van der Waals surface area contributed by atoms with Crippen LogP contribution in [0.25, 0.3) is 0 Å². The first kappa shape index (κ1) is 12.2. The largest absolute Gasteiger partial charge is 0.495 e. The van der Waals surface area contributed by atoms with Gasteiger partial charge in [-0.1, -0.05) is 0 Å². The molecule has 2 N–H and O–H groups in total. The molecule has 0 saturated carbocycles. The minimum absolute atomic E-state index is 0.248. The molecule has 0 bridgehead atoms. The molecule has 94 valence electrons. The van der Waals surface area contributed by atoms with Crippen molar-refractivity contribution in [3.05, 3.63) is 48.3 Å². The molecule has 3 nitrogen and oxygen atoms in total. The van der Waals surface area contributed by atoms with Crippen molar-refractivity contribution < 1.29 is 9.13 Å². The summed E-state index contributed by atoms with van der Waals surface area (Å²) in [5, 5.41) is 0. The third-order valence-corrected chi connectivity index (χ3v) is 2.82. The molecule has 0 heterocycles. The summed E-state index contributed by atoms with van der Waals surface area (Å²) in [7, 11) is 3.48. The van der Waals surface area contributed by atoms with Crippen LogP contribution in [-0.4, -0.2) is 14.2 Å². The number of anilines is 3. The Kier molecular flexibility index (Phi) is 3.37. The van der Waals surface area contributed by atoms with E-state index < -0.39 is 0 Å². The summed E-state index contributed by atoms with van der Waals surface area (Å²) in [4.78, 5) is 1.93. The van der Waals surface area contributed by atoms with Crippen LogP contribution >= 0.6 is 0 Å². The van der Waals surface area contributed by atoms with E-state index in [9.17, 15) is 4.39 Å². The maximum Gasteiger partial charge on any atom is 0.143 e. The van der Waals surface area contributed by atoms with Crippen LogP contribution < -0.4 is 15.4 Å². The molecule has 0 saturated heterocycles. The monoisotopic (exact) mass is 246 g/mol. The zero-order chi connectivity index (χ0) is 13.1. The highest BCUT2D eigenvalue weighted by atomic mass is 19.1. The Hall–Kier alpha value is -2.23. The van der Waals surface area contributed by atoms with E-state index in [1.807, 2.05) is 24.1 Å². The zero-order valence-corrected chi connectivity index (χ0v) is 10.4. The highest BCUT2D eigenvalue weighted by Gasteiger charge is 2.07. The number of ether oxygens (including phenoxy) is 1. The second kappa shape index (κ2) is 4.96. The molecule has 0 aliphatic carbocycles. The van der Waals surface area contributed by atoms with Crippen LogP contribution in [0.5, 0.6) is 5.75 Å². The molecule has 4 heteroatoms. The Morgan fingerprint density at radius 3 is 2.28 bits per heavy atom. The second-order valence-electron chi connectivity index (χ2n) is 3.96. The number of rotatable bonds is 3. The third-order valence-electron chi connectivity index (χ3n) is 2.82. The molecule has 0 unspecified atom stereocenters. The lowest BCUT2D eigenvalue weighted by molar-refractivity contribution is 0.417. The smallest absolute Gasteiger partial charge is 0.143 e. The number of halogens is 1. The number of nitrogens with two attached hydrogens (primary N) is 1. The van der Waals surface area contributed by atoms with Crippen molar-refractivity contribution in [2.45, 2.75) is 0 Å². The molecule has 0 spiro atoms. The van der Waals surface area contributed by atoms with Gasteiger partial charge in [0.15, 0.2) is 0 Å².